The van der Waals surface area contributed by atoms with Crippen LogP contribution >= 0.6 is 0 Å². The number of sulfonamides is 1. The molecule has 0 unspecified atom stereocenters. The molecule has 1 saturated carbocycles. The number of ether oxygens (including phenoxy) is 1. The van der Waals surface area contributed by atoms with Crippen molar-refractivity contribution in [2.45, 2.75) is 68.4 Å². The van der Waals surface area contributed by atoms with Gasteiger partial charge in [0.2, 0.25) is 10.0 Å². The van der Waals surface area contributed by atoms with E-state index in [0.29, 0.717) is 26.1 Å². The van der Waals surface area contributed by atoms with Gasteiger partial charge in [-0.2, -0.15) is 0 Å². The lowest BCUT2D eigenvalue weighted by atomic mass is 9.96. The molecule has 1 aromatic carbocycles. The molecule has 3 N–H and O–H groups in total. The van der Waals surface area contributed by atoms with E-state index in [4.69, 9.17) is 4.74 Å². The van der Waals surface area contributed by atoms with Gasteiger partial charge in [0.25, 0.3) is 0 Å². The Bertz CT molecular complexity index is 814. The van der Waals surface area contributed by atoms with Gasteiger partial charge < -0.3 is 15.4 Å². The van der Waals surface area contributed by atoms with Crippen LogP contribution in [0.3, 0.4) is 0 Å². The molecule has 2 amide bonds. The fraction of sp³-hybridized carbons (Fsp3) is 0.619. The maximum absolute atomic E-state index is 12.5. The smallest absolute Gasteiger partial charge is 0.309 e. The Hall–Kier alpha value is -1.97. The lowest BCUT2D eigenvalue weighted by Gasteiger charge is -2.22. The topological polar surface area (TPSA) is 114 Å². The normalized spacial score (nSPS) is 20.1. The maximum Gasteiger partial charge on any atom is 0.309 e. The van der Waals surface area contributed by atoms with Crippen LogP contribution in [-0.4, -0.2) is 52.1 Å². The summed E-state index contributed by atoms with van der Waals surface area (Å²) in [4.78, 5) is 23.9. The molecule has 2 fully saturated rings. The van der Waals surface area contributed by atoms with Gasteiger partial charge in [0.15, 0.2) is 0 Å². The Morgan fingerprint density at radius 1 is 0.933 bits per heavy atom. The number of benzene rings is 1. The summed E-state index contributed by atoms with van der Waals surface area (Å²) in [5.74, 6) is -1.34. The van der Waals surface area contributed by atoms with Gasteiger partial charge in [-0.15, -0.1) is 0 Å². The fourth-order valence-corrected chi connectivity index (χ4v) is 5.14. The Kier molecular flexibility index (Phi) is 8.24. The van der Waals surface area contributed by atoms with Crippen LogP contribution in [0.4, 0.5) is 0 Å². The molecule has 1 aromatic rings. The highest BCUT2D eigenvalue weighted by molar-refractivity contribution is 7.89. The molecule has 0 aromatic heterocycles. The van der Waals surface area contributed by atoms with Gasteiger partial charge in [0, 0.05) is 25.7 Å². The zero-order valence-electron chi connectivity index (χ0n) is 17.2. The largest absolute Gasteiger partial charge is 0.376 e. The number of rotatable bonds is 8. The fourth-order valence-electron chi connectivity index (χ4n) is 3.84. The van der Waals surface area contributed by atoms with Crippen LogP contribution in [0.5, 0.6) is 0 Å². The zero-order valence-corrected chi connectivity index (χ0v) is 18.0. The van der Waals surface area contributed by atoms with Crippen molar-refractivity contribution in [3.8, 4) is 0 Å². The highest BCUT2D eigenvalue weighted by atomic mass is 32.2. The maximum atomic E-state index is 12.5. The first-order chi connectivity index (χ1) is 14.4. The van der Waals surface area contributed by atoms with Crippen molar-refractivity contribution in [2.24, 2.45) is 0 Å². The standard InChI is InChI=1S/C21H31N3O5S/c25-20(21(26)23-15-18-7-4-14-29-18)22-13-12-16-8-10-19(11-9-16)30(27,28)24-17-5-2-1-3-6-17/h8-11,17-18,24H,1-7,12-15H2,(H,22,25)(H,23,26)/t18-/m1/s1. The molecule has 0 radical (unpaired) electrons. The number of carbonyl (C=O) groups is 2. The number of nitrogens with one attached hydrogen (secondary N) is 3. The Morgan fingerprint density at radius 2 is 1.63 bits per heavy atom. The predicted molar refractivity (Wildman–Crippen MR) is 112 cm³/mol. The van der Waals surface area contributed by atoms with Crippen molar-refractivity contribution in [2.75, 3.05) is 19.7 Å². The number of carbonyl (C=O) groups excluding carboxylic acids is 2. The van der Waals surface area contributed by atoms with Gasteiger partial charge in [-0.3, -0.25) is 9.59 Å². The summed E-state index contributed by atoms with van der Waals surface area (Å²) in [6.07, 6.45) is 7.42. The first-order valence-corrected chi connectivity index (χ1v) is 12.2. The van der Waals surface area contributed by atoms with Crippen LogP contribution in [0.15, 0.2) is 29.2 Å². The highest BCUT2D eigenvalue weighted by Gasteiger charge is 2.22. The minimum atomic E-state index is -3.52. The van der Waals surface area contributed by atoms with Crippen molar-refractivity contribution >= 4 is 21.8 Å². The SMILES string of the molecule is O=C(NCCc1ccc(S(=O)(=O)NC2CCCCC2)cc1)C(=O)NC[C@H]1CCCO1. The van der Waals surface area contributed by atoms with Crippen LogP contribution in [0, 0.1) is 0 Å². The molecule has 1 aliphatic heterocycles. The molecule has 2 aliphatic rings. The first kappa shape index (κ1) is 22.7. The monoisotopic (exact) mass is 437 g/mol. The van der Waals surface area contributed by atoms with Crippen LogP contribution in [0.2, 0.25) is 0 Å². The van der Waals surface area contributed by atoms with Crippen LogP contribution in [0.25, 0.3) is 0 Å². The second kappa shape index (κ2) is 10.9. The van der Waals surface area contributed by atoms with Crippen molar-refractivity contribution < 1.29 is 22.7 Å². The summed E-state index contributed by atoms with van der Waals surface area (Å²) >= 11 is 0. The highest BCUT2D eigenvalue weighted by Crippen LogP contribution is 2.20. The number of hydrogen-bond acceptors (Lipinski definition) is 5. The van der Waals surface area contributed by atoms with Crippen molar-refractivity contribution in [3.63, 3.8) is 0 Å². The first-order valence-electron chi connectivity index (χ1n) is 10.7. The van der Waals surface area contributed by atoms with E-state index in [-0.39, 0.29) is 17.0 Å². The van der Waals surface area contributed by atoms with E-state index in [2.05, 4.69) is 15.4 Å². The van der Waals surface area contributed by atoms with Crippen molar-refractivity contribution in [1.29, 1.82) is 0 Å². The number of amides is 2. The van der Waals surface area contributed by atoms with Crippen molar-refractivity contribution in [1.82, 2.24) is 15.4 Å². The van der Waals surface area contributed by atoms with E-state index in [1.165, 1.54) is 6.42 Å². The molecule has 1 saturated heterocycles. The summed E-state index contributed by atoms with van der Waals surface area (Å²) in [5.41, 5.74) is 0.881. The van der Waals surface area contributed by atoms with E-state index in [9.17, 15) is 18.0 Å². The Morgan fingerprint density at radius 3 is 2.30 bits per heavy atom. The average Bonchev–Trinajstić information content (AvgIpc) is 3.26. The second-order valence-corrected chi connectivity index (χ2v) is 9.67. The van der Waals surface area contributed by atoms with E-state index >= 15 is 0 Å². The summed E-state index contributed by atoms with van der Waals surface area (Å²) < 4.78 is 33.3. The minimum absolute atomic E-state index is 0.0100. The molecule has 1 heterocycles. The van der Waals surface area contributed by atoms with Crippen molar-refractivity contribution in [3.05, 3.63) is 29.8 Å². The summed E-state index contributed by atoms with van der Waals surface area (Å²) in [7, 11) is -3.52. The van der Waals surface area contributed by atoms with E-state index in [0.717, 1.165) is 44.1 Å². The zero-order chi connectivity index (χ0) is 21.4. The molecule has 8 nitrogen and oxygen atoms in total. The van der Waals surface area contributed by atoms with Crippen LogP contribution in [0.1, 0.15) is 50.5 Å². The average molecular weight is 438 g/mol. The Labute approximate surface area is 178 Å². The number of hydrogen-bond donors (Lipinski definition) is 3. The van der Waals surface area contributed by atoms with E-state index in [1.54, 1.807) is 24.3 Å². The summed E-state index contributed by atoms with van der Waals surface area (Å²) in [6, 6.07) is 6.65. The predicted octanol–water partition coefficient (Wildman–Crippen LogP) is 1.25. The van der Waals surface area contributed by atoms with E-state index in [1.807, 2.05) is 0 Å². The van der Waals surface area contributed by atoms with Gasteiger partial charge in [-0.25, -0.2) is 13.1 Å². The van der Waals surface area contributed by atoms with Gasteiger partial charge in [0.05, 0.1) is 11.0 Å². The van der Waals surface area contributed by atoms with E-state index < -0.39 is 21.8 Å². The molecular weight excluding hydrogens is 406 g/mol. The second-order valence-electron chi connectivity index (χ2n) is 7.95. The lowest BCUT2D eigenvalue weighted by Crippen LogP contribution is -2.43. The molecular formula is C21H31N3O5S. The van der Waals surface area contributed by atoms with Gasteiger partial charge in [-0.05, 0) is 49.8 Å². The Balaban J connectivity index is 1.40. The molecule has 0 bridgehead atoms. The van der Waals surface area contributed by atoms with Crippen LogP contribution in [-0.2, 0) is 30.8 Å². The molecule has 1 atom stereocenters. The summed E-state index contributed by atoms with van der Waals surface area (Å²) in [5, 5.41) is 5.16. The van der Waals surface area contributed by atoms with Gasteiger partial charge in [0.1, 0.15) is 0 Å². The third-order valence-corrected chi connectivity index (χ3v) is 7.12. The van der Waals surface area contributed by atoms with Gasteiger partial charge >= 0.3 is 11.8 Å². The van der Waals surface area contributed by atoms with Crippen LogP contribution < -0.4 is 15.4 Å². The molecule has 3 rings (SSSR count). The molecule has 166 valence electrons. The molecule has 30 heavy (non-hydrogen) atoms. The van der Waals surface area contributed by atoms with Gasteiger partial charge in [-0.1, -0.05) is 31.4 Å². The lowest BCUT2D eigenvalue weighted by molar-refractivity contribution is -0.139. The molecule has 9 heteroatoms. The third-order valence-electron chi connectivity index (χ3n) is 5.58. The molecule has 1 aliphatic carbocycles. The summed E-state index contributed by atoms with van der Waals surface area (Å²) in [6.45, 7) is 1.33. The molecule has 0 spiro atoms. The quantitative estimate of drug-likeness (QED) is 0.530. The third kappa shape index (κ3) is 6.78. The minimum Gasteiger partial charge on any atom is -0.376 e.